The maximum absolute atomic E-state index is 13.3. The van der Waals surface area contributed by atoms with Crippen LogP contribution < -0.4 is 0 Å². The summed E-state index contributed by atoms with van der Waals surface area (Å²) in [5.41, 5.74) is 0.534. The summed E-state index contributed by atoms with van der Waals surface area (Å²) in [6, 6.07) is 0. The summed E-state index contributed by atoms with van der Waals surface area (Å²) in [4.78, 5) is 17.9. The zero-order chi connectivity index (χ0) is 26.1. The van der Waals surface area contributed by atoms with E-state index in [1.165, 1.54) is 45.2 Å². The SMILES string of the molecule is CN1CCC(C(C)(C)CC2CN(C(=O)C3CC3)CC(C(C)(C)CCC(C)(C)C3CCCOC3)O2)CC1. The fraction of sp³-hybridized carbons (Fsp3) is 0.968. The van der Waals surface area contributed by atoms with E-state index in [0.29, 0.717) is 11.8 Å². The molecule has 3 unspecified atom stereocenters. The van der Waals surface area contributed by atoms with Crippen LogP contribution in [0.1, 0.15) is 99.3 Å². The van der Waals surface area contributed by atoms with Crippen molar-refractivity contribution in [2.24, 2.45) is 34.0 Å². The molecule has 3 atom stereocenters. The molecule has 0 aromatic rings. The van der Waals surface area contributed by atoms with Crippen LogP contribution in [-0.4, -0.2) is 74.4 Å². The van der Waals surface area contributed by atoms with Gasteiger partial charge in [0.2, 0.25) is 5.91 Å². The average Bonchev–Trinajstić information content (AvgIpc) is 3.68. The van der Waals surface area contributed by atoms with Crippen LogP contribution >= 0.6 is 0 Å². The monoisotopic (exact) mass is 504 g/mol. The summed E-state index contributed by atoms with van der Waals surface area (Å²) in [5, 5.41) is 0. The number of morpholine rings is 1. The molecule has 1 aliphatic carbocycles. The maximum atomic E-state index is 13.3. The Kier molecular flexibility index (Phi) is 8.84. The normalized spacial score (nSPS) is 30.0. The minimum absolute atomic E-state index is 0.0330. The lowest BCUT2D eigenvalue weighted by molar-refractivity contribution is -0.166. The Morgan fingerprint density at radius 3 is 2.11 bits per heavy atom. The molecule has 0 radical (unpaired) electrons. The third kappa shape index (κ3) is 7.05. The summed E-state index contributed by atoms with van der Waals surface area (Å²) >= 11 is 0. The van der Waals surface area contributed by atoms with Crippen LogP contribution in [0.15, 0.2) is 0 Å². The van der Waals surface area contributed by atoms with Crippen molar-refractivity contribution in [1.82, 2.24) is 9.80 Å². The van der Waals surface area contributed by atoms with Crippen LogP contribution in [0, 0.1) is 34.0 Å². The molecule has 1 saturated carbocycles. The Balaban J connectivity index is 1.42. The van der Waals surface area contributed by atoms with E-state index < -0.39 is 0 Å². The summed E-state index contributed by atoms with van der Waals surface area (Å²) in [5.74, 6) is 2.04. The van der Waals surface area contributed by atoms with Gasteiger partial charge in [-0.05, 0) is 106 Å². The Hall–Kier alpha value is -0.650. The molecule has 4 aliphatic rings. The highest BCUT2D eigenvalue weighted by Crippen LogP contribution is 2.45. The molecule has 4 rings (SSSR count). The molecule has 4 fully saturated rings. The Labute approximate surface area is 222 Å². The Morgan fingerprint density at radius 1 is 0.833 bits per heavy atom. The molecule has 36 heavy (non-hydrogen) atoms. The number of piperidine rings is 1. The van der Waals surface area contributed by atoms with E-state index in [4.69, 9.17) is 9.47 Å². The lowest BCUT2D eigenvalue weighted by Crippen LogP contribution is -2.56. The number of amides is 1. The maximum Gasteiger partial charge on any atom is 0.225 e. The van der Waals surface area contributed by atoms with Gasteiger partial charge in [-0.1, -0.05) is 41.5 Å². The van der Waals surface area contributed by atoms with E-state index in [2.05, 4.69) is 58.4 Å². The minimum Gasteiger partial charge on any atom is -0.381 e. The Bertz CT molecular complexity index is 730. The molecule has 1 amide bonds. The molecule has 0 aromatic heterocycles. The van der Waals surface area contributed by atoms with Crippen molar-refractivity contribution in [3.8, 4) is 0 Å². The molecule has 0 bridgehead atoms. The second-order valence-corrected chi connectivity index (χ2v) is 14.9. The van der Waals surface area contributed by atoms with Gasteiger partial charge in [-0.15, -0.1) is 0 Å². The van der Waals surface area contributed by atoms with E-state index in [1.807, 2.05) is 0 Å². The summed E-state index contributed by atoms with van der Waals surface area (Å²) in [6.45, 7) is 20.3. The van der Waals surface area contributed by atoms with E-state index in [9.17, 15) is 4.79 Å². The van der Waals surface area contributed by atoms with Crippen molar-refractivity contribution in [3.05, 3.63) is 0 Å². The van der Waals surface area contributed by atoms with Crippen molar-refractivity contribution >= 4 is 5.91 Å². The average molecular weight is 505 g/mol. The number of carbonyl (C=O) groups is 1. The van der Waals surface area contributed by atoms with Gasteiger partial charge >= 0.3 is 0 Å². The highest BCUT2D eigenvalue weighted by molar-refractivity contribution is 5.81. The molecule has 0 spiro atoms. The highest BCUT2D eigenvalue weighted by atomic mass is 16.5. The van der Waals surface area contributed by atoms with Crippen molar-refractivity contribution in [2.75, 3.05) is 46.4 Å². The number of hydrogen-bond acceptors (Lipinski definition) is 4. The van der Waals surface area contributed by atoms with Gasteiger partial charge < -0.3 is 19.3 Å². The predicted molar refractivity (Wildman–Crippen MR) is 147 cm³/mol. The van der Waals surface area contributed by atoms with Gasteiger partial charge in [-0.3, -0.25) is 4.79 Å². The van der Waals surface area contributed by atoms with Gasteiger partial charge in [-0.2, -0.15) is 0 Å². The lowest BCUT2D eigenvalue weighted by atomic mass is 9.68. The molecular formula is C31H56N2O3. The third-order valence-electron chi connectivity index (χ3n) is 10.5. The van der Waals surface area contributed by atoms with Gasteiger partial charge in [-0.25, -0.2) is 0 Å². The van der Waals surface area contributed by atoms with Crippen LogP contribution in [0.4, 0.5) is 0 Å². The topological polar surface area (TPSA) is 42.0 Å². The molecular weight excluding hydrogens is 448 g/mol. The first-order valence-electron chi connectivity index (χ1n) is 15.1. The largest absolute Gasteiger partial charge is 0.381 e. The number of nitrogens with zero attached hydrogens (tertiary/aromatic N) is 2. The zero-order valence-electron chi connectivity index (χ0n) is 24.6. The molecule has 0 N–H and O–H groups in total. The van der Waals surface area contributed by atoms with E-state index in [-0.39, 0.29) is 34.4 Å². The van der Waals surface area contributed by atoms with Crippen LogP contribution in [0.25, 0.3) is 0 Å². The van der Waals surface area contributed by atoms with Crippen LogP contribution in [0.5, 0.6) is 0 Å². The second-order valence-electron chi connectivity index (χ2n) is 14.9. The first kappa shape index (κ1) is 28.4. The van der Waals surface area contributed by atoms with Crippen molar-refractivity contribution in [3.63, 3.8) is 0 Å². The Morgan fingerprint density at radius 2 is 1.50 bits per heavy atom. The molecule has 5 nitrogen and oxygen atoms in total. The standard InChI is InChI=1S/C31H56N2O3/c1-29(2,25-9-8-18-35-22-25)14-15-30(3,4)27-21-33(28(34)23-10-11-23)20-26(36-27)19-31(5,6)24-12-16-32(7)17-13-24/h23-27H,8-22H2,1-7H3. The van der Waals surface area contributed by atoms with Crippen molar-refractivity contribution in [2.45, 2.75) is 112 Å². The molecule has 0 aromatic carbocycles. The first-order valence-corrected chi connectivity index (χ1v) is 15.1. The van der Waals surface area contributed by atoms with Crippen LogP contribution in [0.2, 0.25) is 0 Å². The fourth-order valence-corrected chi connectivity index (χ4v) is 7.06. The van der Waals surface area contributed by atoms with Gasteiger partial charge in [0.25, 0.3) is 0 Å². The molecule has 3 saturated heterocycles. The number of rotatable bonds is 9. The molecule has 5 heteroatoms. The first-order chi connectivity index (χ1) is 16.9. The van der Waals surface area contributed by atoms with Gasteiger partial charge in [0, 0.05) is 32.2 Å². The van der Waals surface area contributed by atoms with E-state index >= 15 is 0 Å². The van der Waals surface area contributed by atoms with Crippen molar-refractivity contribution in [1.29, 1.82) is 0 Å². The summed E-state index contributed by atoms with van der Waals surface area (Å²) in [6.07, 6.45) is 10.8. The molecule has 3 aliphatic heterocycles. The quantitative estimate of drug-likeness (QED) is 0.386. The van der Waals surface area contributed by atoms with Crippen LogP contribution in [0.3, 0.4) is 0 Å². The van der Waals surface area contributed by atoms with Gasteiger partial charge in [0.15, 0.2) is 0 Å². The second kappa shape index (κ2) is 11.2. The molecule has 208 valence electrons. The third-order valence-corrected chi connectivity index (χ3v) is 10.5. The summed E-state index contributed by atoms with van der Waals surface area (Å²) < 4.78 is 12.8. The molecule has 3 heterocycles. The number of hydrogen-bond donors (Lipinski definition) is 0. The number of ether oxygens (including phenoxy) is 2. The van der Waals surface area contributed by atoms with Gasteiger partial charge in [0.05, 0.1) is 12.2 Å². The van der Waals surface area contributed by atoms with E-state index in [1.54, 1.807) is 0 Å². The number of likely N-dealkylation sites (tertiary alicyclic amines) is 1. The van der Waals surface area contributed by atoms with Crippen LogP contribution in [-0.2, 0) is 14.3 Å². The minimum atomic E-state index is 0.0330. The summed E-state index contributed by atoms with van der Waals surface area (Å²) in [7, 11) is 2.24. The zero-order valence-corrected chi connectivity index (χ0v) is 24.6. The fourth-order valence-electron chi connectivity index (χ4n) is 7.06. The van der Waals surface area contributed by atoms with E-state index in [0.717, 1.165) is 57.9 Å². The number of carbonyl (C=O) groups excluding carboxylic acids is 1. The predicted octanol–water partition coefficient (Wildman–Crippen LogP) is 6.01. The highest BCUT2D eigenvalue weighted by Gasteiger charge is 2.45. The smallest absolute Gasteiger partial charge is 0.225 e. The van der Waals surface area contributed by atoms with Gasteiger partial charge in [0.1, 0.15) is 0 Å². The lowest BCUT2D eigenvalue weighted by Gasteiger charge is -2.49. The van der Waals surface area contributed by atoms with Crippen molar-refractivity contribution < 1.29 is 14.3 Å².